The molecule has 0 saturated carbocycles. The second-order valence-corrected chi connectivity index (χ2v) is 6.09. The molecule has 1 unspecified atom stereocenters. The van der Waals surface area contributed by atoms with Gasteiger partial charge in [-0.05, 0) is 75.5 Å². The Hall–Kier alpha value is -0.930. The van der Waals surface area contributed by atoms with E-state index >= 15 is 0 Å². The fourth-order valence-electron chi connectivity index (χ4n) is 3.09. The highest BCUT2D eigenvalue weighted by Crippen LogP contribution is 2.23. The minimum atomic E-state index is -0.147. The molecule has 0 bridgehead atoms. The Kier molecular flexibility index (Phi) is 5.99. The predicted molar refractivity (Wildman–Crippen MR) is 82.5 cm³/mol. The van der Waals surface area contributed by atoms with Crippen molar-refractivity contribution in [1.82, 2.24) is 10.2 Å². The molecule has 0 aromatic heterocycles. The zero-order valence-electron chi connectivity index (χ0n) is 12.7. The smallest absolute Gasteiger partial charge is 0.123 e. The van der Waals surface area contributed by atoms with Crippen LogP contribution < -0.4 is 5.32 Å². The van der Waals surface area contributed by atoms with Gasteiger partial charge in [-0.15, -0.1) is 0 Å². The third-order valence-corrected chi connectivity index (χ3v) is 4.48. The molecule has 0 amide bonds. The largest absolute Gasteiger partial charge is 0.320 e. The standard InChI is InChI=1S/C17H27FN2/c1-14(16-3-5-17(18)6-4-16)13-20-11-8-15(9-12-20)7-10-19-2/h3-6,14-15,19H,7-13H2,1-2H3. The van der Waals surface area contributed by atoms with Crippen molar-refractivity contribution in [3.05, 3.63) is 35.6 Å². The second-order valence-electron chi connectivity index (χ2n) is 6.09. The van der Waals surface area contributed by atoms with Crippen LogP contribution in [0.15, 0.2) is 24.3 Å². The van der Waals surface area contributed by atoms with E-state index in [-0.39, 0.29) is 5.82 Å². The summed E-state index contributed by atoms with van der Waals surface area (Å²) in [6.07, 6.45) is 3.94. The van der Waals surface area contributed by atoms with Crippen LogP contribution in [-0.4, -0.2) is 38.1 Å². The lowest BCUT2D eigenvalue weighted by Crippen LogP contribution is -2.36. The first-order valence-corrected chi connectivity index (χ1v) is 7.81. The van der Waals surface area contributed by atoms with E-state index < -0.39 is 0 Å². The topological polar surface area (TPSA) is 15.3 Å². The summed E-state index contributed by atoms with van der Waals surface area (Å²) in [5, 5.41) is 3.24. The maximum absolute atomic E-state index is 12.9. The number of hydrogen-bond acceptors (Lipinski definition) is 2. The number of piperidine rings is 1. The number of halogens is 1. The summed E-state index contributed by atoms with van der Waals surface area (Å²) >= 11 is 0. The maximum atomic E-state index is 12.9. The van der Waals surface area contributed by atoms with Crippen molar-refractivity contribution < 1.29 is 4.39 Å². The summed E-state index contributed by atoms with van der Waals surface area (Å²) in [6.45, 7) is 6.88. The molecule has 20 heavy (non-hydrogen) atoms. The highest BCUT2D eigenvalue weighted by molar-refractivity contribution is 5.20. The average Bonchev–Trinajstić information content (AvgIpc) is 2.47. The second kappa shape index (κ2) is 7.75. The molecule has 0 aliphatic carbocycles. The van der Waals surface area contributed by atoms with E-state index in [1.165, 1.54) is 37.9 Å². The van der Waals surface area contributed by atoms with Gasteiger partial charge in [0, 0.05) is 6.54 Å². The number of nitrogens with one attached hydrogen (secondary N) is 1. The first kappa shape index (κ1) is 15.5. The highest BCUT2D eigenvalue weighted by atomic mass is 19.1. The third-order valence-electron chi connectivity index (χ3n) is 4.48. The van der Waals surface area contributed by atoms with Crippen molar-refractivity contribution in [3.8, 4) is 0 Å². The summed E-state index contributed by atoms with van der Waals surface area (Å²) in [6, 6.07) is 6.96. The molecule has 1 aliphatic rings. The van der Waals surface area contributed by atoms with E-state index in [0.717, 1.165) is 19.0 Å². The molecule has 1 atom stereocenters. The van der Waals surface area contributed by atoms with Crippen molar-refractivity contribution in [1.29, 1.82) is 0 Å². The van der Waals surface area contributed by atoms with Crippen LogP contribution in [0.3, 0.4) is 0 Å². The van der Waals surface area contributed by atoms with Crippen LogP contribution in [-0.2, 0) is 0 Å². The predicted octanol–water partition coefficient (Wildman–Crippen LogP) is 3.25. The van der Waals surface area contributed by atoms with Gasteiger partial charge in [0.2, 0.25) is 0 Å². The van der Waals surface area contributed by atoms with Crippen molar-refractivity contribution in [2.24, 2.45) is 5.92 Å². The van der Waals surface area contributed by atoms with Crippen molar-refractivity contribution in [2.45, 2.75) is 32.1 Å². The van der Waals surface area contributed by atoms with Gasteiger partial charge in [0.25, 0.3) is 0 Å². The minimum absolute atomic E-state index is 0.147. The zero-order chi connectivity index (χ0) is 14.4. The molecule has 2 nitrogen and oxygen atoms in total. The van der Waals surface area contributed by atoms with Crippen molar-refractivity contribution in [2.75, 3.05) is 33.2 Å². The first-order chi connectivity index (χ1) is 9.69. The molecule has 1 aromatic carbocycles. The minimum Gasteiger partial charge on any atom is -0.320 e. The zero-order valence-corrected chi connectivity index (χ0v) is 12.7. The van der Waals surface area contributed by atoms with E-state index in [2.05, 4.69) is 17.1 Å². The van der Waals surface area contributed by atoms with E-state index in [1.54, 1.807) is 12.1 Å². The number of benzene rings is 1. The lowest BCUT2D eigenvalue weighted by molar-refractivity contribution is 0.172. The molecule has 1 aromatic rings. The van der Waals surface area contributed by atoms with Gasteiger partial charge in [0.15, 0.2) is 0 Å². The molecule has 3 heteroatoms. The van der Waals surface area contributed by atoms with Gasteiger partial charge in [-0.2, -0.15) is 0 Å². The molecule has 1 saturated heterocycles. The fourth-order valence-corrected chi connectivity index (χ4v) is 3.09. The summed E-state index contributed by atoms with van der Waals surface area (Å²) < 4.78 is 12.9. The van der Waals surface area contributed by atoms with Gasteiger partial charge in [0.05, 0.1) is 0 Å². The van der Waals surface area contributed by atoms with Crippen LogP contribution in [0.25, 0.3) is 0 Å². The fraction of sp³-hybridized carbons (Fsp3) is 0.647. The molecule has 1 aliphatic heterocycles. The SMILES string of the molecule is CNCCC1CCN(CC(C)c2ccc(F)cc2)CC1. The molecular formula is C17H27FN2. The Labute approximate surface area is 122 Å². The Balaban J connectivity index is 1.76. The molecule has 1 N–H and O–H groups in total. The van der Waals surface area contributed by atoms with E-state index in [0.29, 0.717) is 5.92 Å². The van der Waals surface area contributed by atoms with Crippen LogP contribution >= 0.6 is 0 Å². The molecule has 1 heterocycles. The Morgan fingerprint density at radius 3 is 2.50 bits per heavy atom. The van der Waals surface area contributed by atoms with Gasteiger partial charge in [-0.3, -0.25) is 0 Å². The Morgan fingerprint density at radius 1 is 1.25 bits per heavy atom. The molecule has 0 radical (unpaired) electrons. The summed E-state index contributed by atoms with van der Waals surface area (Å²) in [7, 11) is 2.03. The van der Waals surface area contributed by atoms with Crippen LogP contribution in [0.2, 0.25) is 0 Å². The van der Waals surface area contributed by atoms with Crippen molar-refractivity contribution >= 4 is 0 Å². The summed E-state index contributed by atoms with van der Waals surface area (Å²) in [4.78, 5) is 2.56. The molecule has 0 spiro atoms. The Morgan fingerprint density at radius 2 is 1.90 bits per heavy atom. The summed E-state index contributed by atoms with van der Waals surface area (Å²) in [5.74, 6) is 1.22. The van der Waals surface area contributed by atoms with E-state index in [1.807, 2.05) is 19.2 Å². The molecular weight excluding hydrogens is 251 g/mol. The maximum Gasteiger partial charge on any atom is 0.123 e. The van der Waals surface area contributed by atoms with E-state index in [9.17, 15) is 4.39 Å². The van der Waals surface area contributed by atoms with Crippen LogP contribution in [0, 0.1) is 11.7 Å². The monoisotopic (exact) mass is 278 g/mol. The van der Waals surface area contributed by atoms with Crippen LogP contribution in [0.1, 0.15) is 37.7 Å². The van der Waals surface area contributed by atoms with Gasteiger partial charge in [0.1, 0.15) is 5.82 Å². The van der Waals surface area contributed by atoms with Gasteiger partial charge in [-0.25, -0.2) is 4.39 Å². The van der Waals surface area contributed by atoms with E-state index in [4.69, 9.17) is 0 Å². The Bertz CT molecular complexity index is 382. The van der Waals surface area contributed by atoms with Crippen LogP contribution in [0.4, 0.5) is 4.39 Å². The highest BCUT2D eigenvalue weighted by Gasteiger charge is 2.20. The number of likely N-dealkylation sites (tertiary alicyclic amines) is 1. The normalized spacial score (nSPS) is 19.1. The number of nitrogens with zero attached hydrogens (tertiary/aromatic N) is 1. The van der Waals surface area contributed by atoms with Gasteiger partial charge >= 0.3 is 0 Å². The molecule has 2 rings (SSSR count). The number of rotatable bonds is 6. The molecule has 1 fully saturated rings. The van der Waals surface area contributed by atoms with Crippen molar-refractivity contribution in [3.63, 3.8) is 0 Å². The third kappa shape index (κ3) is 4.57. The van der Waals surface area contributed by atoms with Gasteiger partial charge < -0.3 is 10.2 Å². The molecule has 112 valence electrons. The lowest BCUT2D eigenvalue weighted by Gasteiger charge is -2.33. The summed E-state index contributed by atoms with van der Waals surface area (Å²) in [5.41, 5.74) is 1.24. The lowest BCUT2D eigenvalue weighted by atomic mass is 9.92. The quantitative estimate of drug-likeness (QED) is 0.859. The van der Waals surface area contributed by atoms with Gasteiger partial charge in [-0.1, -0.05) is 19.1 Å². The first-order valence-electron chi connectivity index (χ1n) is 7.81. The average molecular weight is 278 g/mol. The number of hydrogen-bond donors (Lipinski definition) is 1. The van der Waals surface area contributed by atoms with Crippen LogP contribution in [0.5, 0.6) is 0 Å².